The van der Waals surface area contributed by atoms with Crippen LogP contribution in [0.5, 0.6) is 0 Å². The Hall–Kier alpha value is -0.570. The molecule has 0 amide bonds. The quantitative estimate of drug-likeness (QED) is 0.647. The van der Waals surface area contributed by atoms with Gasteiger partial charge in [-0.3, -0.25) is 0 Å². The van der Waals surface area contributed by atoms with Crippen LogP contribution in [0.4, 0.5) is 0 Å². The van der Waals surface area contributed by atoms with E-state index in [-0.39, 0.29) is 5.60 Å². The molecule has 1 spiro atoms. The van der Waals surface area contributed by atoms with Gasteiger partial charge < -0.3 is 9.84 Å². The highest BCUT2D eigenvalue weighted by Crippen LogP contribution is 2.48. The molecule has 1 atom stereocenters. The number of ether oxygens (including phenoxy) is 1. The molecule has 2 aliphatic rings. The Morgan fingerprint density at radius 2 is 2.25 bits per heavy atom. The lowest BCUT2D eigenvalue weighted by Gasteiger charge is -2.42. The molecule has 0 bridgehead atoms. The highest BCUT2D eigenvalue weighted by Gasteiger charge is 2.50. The maximum atomic E-state index is 10.6. The predicted molar refractivity (Wildman–Crippen MR) is 42.9 cm³/mol. The van der Waals surface area contributed by atoms with Gasteiger partial charge in [0.2, 0.25) is 0 Å². The summed E-state index contributed by atoms with van der Waals surface area (Å²) in [6.45, 7) is 2.18. The van der Waals surface area contributed by atoms with E-state index in [1.54, 1.807) is 0 Å². The van der Waals surface area contributed by atoms with Crippen molar-refractivity contribution >= 4 is 5.97 Å². The number of aliphatic carboxylic acids is 1. The van der Waals surface area contributed by atoms with E-state index in [1.807, 2.05) is 0 Å². The highest BCUT2D eigenvalue weighted by atomic mass is 16.5. The number of hydrogen-bond donors (Lipinski definition) is 1. The molecule has 1 heterocycles. The van der Waals surface area contributed by atoms with Crippen LogP contribution < -0.4 is 0 Å². The summed E-state index contributed by atoms with van der Waals surface area (Å²) in [6, 6.07) is 0. The third-order valence-electron chi connectivity index (χ3n) is 2.97. The van der Waals surface area contributed by atoms with Crippen molar-refractivity contribution in [3.8, 4) is 0 Å². The predicted octanol–water partition coefficient (Wildman–Crippen LogP) is 1.42. The molecule has 1 N–H and O–H groups in total. The van der Waals surface area contributed by atoms with Gasteiger partial charge in [0, 0.05) is 0 Å². The highest BCUT2D eigenvalue weighted by molar-refractivity contribution is 5.72. The molecule has 1 aliphatic carbocycles. The van der Waals surface area contributed by atoms with Gasteiger partial charge in [-0.2, -0.15) is 0 Å². The van der Waals surface area contributed by atoms with Crippen LogP contribution in [0.25, 0.3) is 0 Å². The molecule has 0 radical (unpaired) electrons. The van der Waals surface area contributed by atoms with Crippen molar-refractivity contribution in [2.75, 3.05) is 0 Å². The first-order valence-corrected chi connectivity index (χ1v) is 4.52. The van der Waals surface area contributed by atoms with E-state index < -0.39 is 12.1 Å². The third kappa shape index (κ3) is 1.12. The van der Waals surface area contributed by atoms with E-state index in [0.717, 1.165) is 25.2 Å². The Morgan fingerprint density at radius 3 is 2.67 bits per heavy atom. The molecule has 0 aromatic heterocycles. The van der Waals surface area contributed by atoms with Gasteiger partial charge in [0.05, 0.1) is 5.60 Å². The number of rotatable bonds is 1. The Morgan fingerprint density at radius 1 is 1.58 bits per heavy atom. The molecule has 68 valence electrons. The van der Waals surface area contributed by atoms with E-state index in [0.29, 0.717) is 6.42 Å². The maximum Gasteiger partial charge on any atom is 0.332 e. The third-order valence-corrected chi connectivity index (χ3v) is 2.97. The Bertz CT molecular complexity index is 206. The van der Waals surface area contributed by atoms with E-state index >= 15 is 0 Å². The van der Waals surface area contributed by atoms with E-state index in [2.05, 4.69) is 6.92 Å². The Kier molecular flexibility index (Phi) is 1.65. The second kappa shape index (κ2) is 2.46. The van der Waals surface area contributed by atoms with Crippen molar-refractivity contribution in [1.29, 1.82) is 0 Å². The zero-order valence-corrected chi connectivity index (χ0v) is 7.25. The lowest BCUT2D eigenvalue weighted by Crippen LogP contribution is -2.43. The van der Waals surface area contributed by atoms with Crippen LogP contribution in [0.2, 0.25) is 0 Å². The first-order valence-electron chi connectivity index (χ1n) is 4.52. The van der Waals surface area contributed by atoms with Crippen LogP contribution in [0.1, 0.15) is 32.6 Å². The molecule has 2 fully saturated rings. The van der Waals surface area contributed by atoms with Gasteiger partial charge in [0.25, 0.3) is 0 Å². The van der Waals surface area contributed by atoms with Gasteiger partial charge >= 0.3 is 5.97 Å². The molecular formula is C9H14O3. The van der Waals surface area contributed by atoms with E-state index in [9.17, 15) is 4.79 Å². The summed E-state index contributed by atoms with van der Waals surface area (Å²) in [7, 11) is 0. The zero-order valence-electron chi connectivity index (χ0n) is 7.25. The van der Waals surface area contributed by atoms with Gasteiger partial charge in [-0.1, -0.05) is 6.92 Å². The standard InChI is InChI=1S/C9H14O3/c1-6-4-9(5-6)3-2-7(12-9)8(10)11/h6-7H,2-5H2,1H3,(H,10,11). The van der Waals surface area contributed by atoms with Gasteiger partial charge in [0.15, 0.2) is 6.10 Å². The largest absolute Gasteiger partial charge is 0.479 e. The van der Waals surface area contributed by atoms with Crippen LogP contribution >= 0.6 is 0 Å². The van der Waals surface area contributed by atoms with Gasteiger partial charge in [-0.05, 0) is 31.6 Å². The van der Waals surface area contributed by atoms with Crippen LogP contribution in [0.3, 0.4) is 0 Å². The molecule has 1 unspecified atom stereocenters. The molecule has 3 nitrogen and oxygen atoms in total. The Balaban J connectivity index is 1.95. The minimum absolute atomic E-state index is 0.0392. The maximum absolute atomic E-state index is 10.6. The normalized spacial score (nSPS) is 46.1. The molecule has 12 heavy (non-hydrogen) atoms. The van der Waals surface area contributed by atoms with E-state index in [4.69, 9.17) is 9.84 Å². The average molecular weight is 170 g/mol. The minimum atomic E-state index is -0.800. The SMILES string of the molecule is CC1CC2(CCC(C(=O)O)O2)C1. The molecule has 2 rings (SSSR count). The van der Waals surface area contributed by atoms with Crippen molar-refractivity contribution < 1.29 is 14.6 Å². The molecule has 1 saturated carbocycles. The number of carbonyl (C=O) groups is 1. The fraction of sp³-hybridized carbons (Fsp3) is 0.889. The molecule has 1 aliphatic heterocycles. The summed E-state index contributed by atoms with van der Waals surface area (Å²) in [5, 5.41) is 8.71. The smallest absolute Gasteiger partial charge is 0.332 e. The minimum Gasteiger partial charge on any atom is -0.479 e. The molecule has 0 aromatic rings. The van der Waals surface area contributed by atoms with Crippen LogP contribution in [0.15, 0.2) is 0 Å². The summed E-state index contributed by atoms with van der Waals surface area (Å²) in [6.07, 6.45) is 3.21. The van der Waals surface area contributed by atoms with Gasteiger partial charge in [0.1, 0.15) is 0 Å². The summed E-state index contributed by atoms with van der Waals surface area (Å²) in [5.74, 6) is -0.0797. The summed E-state index contributed by atoms with van der Waals surface area (Å²) in [5.41, 5.74) is -0.0392. The Labute approximate surface area is 71.7 Å². The van der Waals surface area contributed by atoms with Crippen molar-refractivity contribution in [3.05, 3.63) is 0 Å². The molecule has 3 heteroatoms. The lowest BCUT2D eigenvalue weighted by atomic mass is 9.70. The molecule has 0 aromatic carbocycles. The van der Waals surface area contributed by atoms with Crippen molar-refractivity contribution in [1.82, 2.24) is 0 Å². The topological polar surface area (TPSA) is 46.5 Å². The zero-order chi connectivity index (χ0) is 8.77. The van der Waals surface area contributed by atoms with Crippen LogP contribution in [-0.2, 0) is 9.53 Å². The fourth-order valence-electron chi connectivity index (χ4n) is 2.50. The van der Waals surface area contributed by atoms with Crippen molar-refractivity contribution in [2.45, 2.75) is 44.3 Å². The number of hydrogen-bond acceptors (Lipinski definition) is 2. The first-order chi connectivity index (χ1) is 5.61. The van der Waals surface area contributed by atoms with Crippen LogP contribution in [-0.4, -0.2) is 22.8 Å². The summed E-state index contributed by atoms with van der Waals surface area (Å²) in [4.78, 5) is 10.6. The molecular weight excluding hydrogens is 156 g/mol. The summed E-state index contributed by atoms with van der Waals surface area (Å²) < 4.78 is 5.52. The number of carboxylic acids is 1. The summed E-state index contributed by atoms with van der Waals surface area (Å²) >= 11 is 0. The second-order valence-electron chi connectivity index (χ2n) is 4.18. The average Bonchev–Trinajstić information content (AvgIpc) is 2.31. The lowest BCUT2D eigenvalue weighted by molar-refractivity contribution is -0.164. The van der Waals surface area contributed by atoms with Crippen molar-refractivity contribution in [2.24, 2.45) is 5.92 Å². The van der Waals surface area contributed by atoms with Crippen molar-refractivity contribution in [3.63, 3.8) is 0 Å². The van der Waals surface area contributed by atoms with Gasteiger partial charge in [-0.15, -0.1) is 0 Å². The van der Waals surface area contributed by atoms with Crippen LogP contribution in [0, 0.1) is 5.92 Å². The van der Waals surface area contributed by atoms with Gasteiger partial charge in [-0.25, -0.2) is 4.79 Å². The monoisotopic (exact) mass is 170 g/mol. The first kappa shape index (κ1) is 8.05. The second-order valence-corrected chi connectivity index (χ2v) is 4.18. The fourth-order valence-corrected chi connectivity index (χ4v) is 2.50. The number of carboxylic acid groups (broad SMARTS) is 1. The molecule has 1 saturated heterocycles. The van der Waals surface area contributed by atoms with E-state index in [1.165, 1.54) is 0 Å².